The second-order valence-electron chi connectivity index (χ2n) is 2.35. The van der Waals surface area contributed by atoms with Crippen LogP contribution in [0.2, 0.25) is 0 Å². The molecule has 66 valence electrons. The van der Waals surface area contributed by atoms with Gasteiger partial charge in [-0.05, 0) is 11.4 Å². The summed E-state index contributed by atoms with van der Waals surface area (Å²) in [5.74, 6) is 0. The van der Waals surface area contributed by atoms with Crippen LogP contribution < -0.4 is 5.73 Å². The number of hydrogen-bond acceptors (Lipinski definition) is 3. The number of ether oxygens (including phenoxy) is 1. The minimum absolute atomic E-state index is 0.390. The van der Waals surface area contributed by atoms with Crippen molar-refractivity contribution in [1.82, 2.24) is 0 Å². The monoisotopic (exact) mass is 201 g/mol. The fourth-order valence-corrected chi connectivity index (χ4v) is 1.57. The van der Waals surface area contributed by atoms with Gasteiger partial charge >= 0.3 is 0 Å². The lowest BCUT2D eigenvalue weighted by Gasteiger charge is -2.00. The Labute approximate surface area is 81.3 Å². The van der Waals surface area contributed by atoms with E-state index in [1.54, 1.807) is 11.3 Å². The summed E-state index contributed by atoms with van der Waals surface area (Å²) in [5, 5.41) is 2.06. The number of rotatable bonds is 5. The van der Waals surface area contributed by atoms with E-state index >= 15 is 0 Å². The predicted molar refractivity (Wildman–Crippen MR) is 55.6 cm³/mol. The molecule has 0 aliphatic rings. The van der Waals surface area contributed by atoms with Crippen LogP contribution in [-0.2, 0) is 11.2 Å². The van der Waals surface area contributed by atoms with Crippen LogP contribution in [0.5, 0.6) is 0 Å². The van der Waals surface area contributed by atoms with Crippen LogP contribution >= 0.6 is 23.6 Å². The molecule has 0 saturated carbocycles. The number of nitrogens with two attached hydrogens (primary N) is 1. The molecule has 2 nitrogen and oxygen atoms in total. The van der Waals surface area contributed by atoms with Crippen LogP contribution in [0, 0.1) is 0 Å². The van der Waals surface area contributed by atoms with Gasteiger partial charge in [0.1, 0.15) is 0 Å². The summed E-state index contributed by atoms with van der Waals surface area (Å²) in [5.41, 5.74) is 5.26. The average Bonchev–Trinajstić information content (AvgIpc) is 2.49. The minimum atomic E-state index is 0.390. The second-order valence-corrected chi connectivity index (χ2v) is 3.90. The normalized spacial score (nSPS) is 10.0. The van der Waals surface area contributed by atoms with Crippen molar-refractivity contribution in [3.05, 3.63) is 22.4 Å². The van der Waals surface area contributed by atoms with Gasteiger partial charge in [0.2, 0.25) is 0 Å². The first-order valence-corrected chi connectivity index (χ1v) is 4.96. The molecule has 1 aromatic rings. The van der Waals surface area contributed by atoms with Crippen LogP contribution in [0.1, 0.15) is 4.88 Å². The van der Waals surface area contributed by atoms with Crippen LogP contribution in [0.3, 0.4) is 0 Å². The number of thiophene rings is 1. The summed E-state index contributed by atoms with van der Waals surface area (Å²) in [4.78, 5) is 1.75. The highest BCUT2D eigenvalue weighted by Gasteiger charge is 1.94. The molecular weight excluding hydrogens is 190 g/mol. The van der Waals surface area contributed by atoms with Crippen molar-refractivity contribution in [1.29, 1.82) is 0 Å². The first-order valence-electron chi connectivity index (χ1n) is 3.67. The molecule has 0 aliphatic carbocycles. The van der Waals surface area contributed by atoms with E-state index in [0.717, 1.165) is 6.42 Å². The molecule has 0 radical (unpaired) electrons. The Balaban J connectivity index is 2.07. The Morgan fingerprint density at radius 2 is 2.50 bits per heavy atom. The van der Waals surface area contributed by atoms with E-state index in [-0.39, 0.29) is 0 Å². The lowest BCUT2D eigenvalue weighted by molar-refractivity contribution is 0.176. The Hall–Kier alpha value is -0.450. The third-order valence-corrected chi connectivity index (χ3v) is 2.37. The summed E-state index contributed by atoms with van der Waals surface area (Å²) in [6.07, 6.45) is 0.945. The van der Waals surface area contributed by atoms with E-state index in [0.29, 0.717) is 18.2 Å². The Bertz CT molecular complexity index is 233. The predicted octanol–water partition coefficient (Wildman–Crippen LogP) is 1.59. The molecule has 0 unspecified atom stereocenters. The van der Waals surface area contributed by atoms with Crippen molar-refractivity contribution < 1.29 is 4.74 Å². The van der Waals surface area contributed by atoms with E-state index in [1.807, 2.05) is 6.07 Å². The van der Waals surface area contributed by atoms with Crippen molar-refractivity contribution in [3.63, 3.8) is 0 Å². The summed E-state index contributed by atoms with van der Waals surface area (Å²) in [6.45, 7) is 1.08. The fraction of sp³-hybridized carbons (Fsp3) is 0.375. The Morgan fingerprint density at radius 3 is 3.08 bits per heavy atom. The first kappa shape index (κ1) is 9.64. The number of hydrogen-bond donors (Lipinski definition) is 1. The molecule has 0 fully saturated rings. The SMILES string of the molecule is NC(=S)COCCc1cccs1. The van der Waals surface area contributed by atoms with Crippen LogP contribution in [0.4, 0.5) is 0 Å². The van der Waals surface area contributed by atoms with E-state index in [1.165, 1.54) is 4.88 Å². The molecule has 4 heteroatoms. The standard InChI is InChI=1S/C8H11NOS2/c9-8(11)6-10-4-3-7-2-1-5-12-7/h1-2,5H,3-4,6H2,(H2,9,11). The van der Waals surface area contributed by atoms with Crippen LogP contribution in [0.25, 0.3) is 0 Å². The van der Waals surface area contributed by atoms with Gasteiger partial charge in [-0.25, -0.2) is 0 Å². The zero-order chi connectivity index (χ0) is 8.81. The maximum atomic E-state index is 5.26. The van der Waals surface area contributed by atoms with Crippen molar-refractivity contribution in [2.24, 2.45) is 5.73 Å². The topological polar surface area (TPSA) is 35.2 Å². The molecule has 1 rings (SSSR count). The second kappa shape index (κ2) is 5.24. The van der Waals surface area contributed by atoms with Gasteiger partial charge in [0, 0.05) is 11.3 Å². The average molecular weight is 201 g/mol. The molecule has 0 bridgehead atoms. The summed E-state index contributed by atoms with van der Waals surface area (Å²) in [6, 6.07) is 4.13. The van der Waals surface area contributed by atoms with E-state index in [9.17, 15) is 0 Å². The minimum Gasteiger partial charge on any atom is -0.391 e. The van der Waals surface area contributed by atoms with Crippen molar-refractivity contribution in [2.75, 3.05) is 13.2 Å². The van der Waals surface area contributed by atoms with Crippen LogP contribution in [0.15, 0.2) is 17.5 Å². The van der Waals surface area contributed by atoms with Gasteiger partial charge in [0.15, 0.2) is 0 Å². The molecule has 0 amide bonds. The quantitative estimate of drug-likeness (QED) is 0.580. The van der Waals surface area contributed by atoms with Gasteiger partial charge in [-0.15, -0.1) is 11.3 Å². The highest BCUT2D eigenvalue weighted by atomic mass is 32.1. The lowest BCUT2D eigenvalue weighted by atomic mass is 10.4. The van der Waals surface area contributed by atoms with Crippen molar-refractivity contribution >= 4 is 28.5 Å². The molecule has 0 spiro atoms. The van der Waals surface area contributed by atoms with Gasteiger partial charge in [-0.3, -0.25) is 0 Å². The highest BCUT2D eigenvalue weighted by molar-refractivity contribution is 7.80. The summed E-state index contributed by atoms with van der Waals surface area (Å²) < 4.78 is 5.21. The molecule has 0 aromatic carbocycles. The molecule has 0 saturated heterocycles. The Morgan fingerprint density at radius 1 is 1.67 bits per heavy atom. The van der Waals surface area contributed by atoms with Gasteiger partial charge < -0.3 is 10.5 Å². The zero-order valence-corrected chi connectivity index (χ0v) is 8.29. The first-order chi connectivity index (χ1) is 5.79. The van der Waals surface area contributed by atoms with Gasteiger partial charge in [0.05, 0.1) is 18.2 Å². The van der Waals surface area contributed by atoms with Crippen LogP contribution in [-0.4, -0.2) is 18.2 Å². The molecule has 1 heterocycles. The smallest absolute Gasteiger partial charge is 0.0989 e. The third kappa shape index (κ3) is 3.80. The van der Waals surface area contributed by atoms with Crippen molar-refractivity contribution in [2.45, 2.75) is 6.42 Å². The molecule has 2 N–H and O–H groups in total. The number of thiocarbonyl (C=S) groups is 1. The lowest BCUT2D eigenvalue weighted by Crippen LogP contribution is -2.16. The van der Waals surface area contributed by atoms with Gasteiger partial charge in [0.25, 0.3) is 0 Å². The molecule has 12 heavy (non-hydrogen) atoms. The van der Waals surface area contributed by atoms with Gasteiger partial charge in [-0.1, -0.05) is 18.3 Å². The van der Waals surface area contributed by atoms with Crippen molar-refractivity contribution in [3.8, 4) is 0 Å². The Kier molecular flexibility index (Phi) is 4.21. The molecule has 1 aromatic heterocycles. The maximum Gasteiger partial charge on any atom is 0.0989 e. The summed E-state index contributed by atoms with van der Waals surface area (Å²) in [7, 11) is 0. The van der Waals surface area contributed by atoms with E-state index in [2.05, 4.69) is 23.7 Å². The maximum absolute atomic E-state index is 5.26. The molecule has 0 atom stereocenters. The molecule has 0 aliphatic heterocycles. The summed E-state index contributed by atoms with van der Waals surface area (Å²) >= 11 is 6.40. The van der Waals surface area contributed by atoms with E-state index in [4.69, 9.17) is 10.5 Å². The van der Waals surface area contributed by atoms with E-state index < -0.39 is 0 Å². The largest absolute Gasteiger partial charge is 0.391 e. The highest BCUT2D eigenvalue weighted by Crippen LogP contribution is 2.08. The van der Waals surface area contributed by atoms with Gasteiger partial charge in [-0.2, -0.15) is 0 Å². The zero-order valence-electron chi connectivity index (χ0n) is 6.66. The molecular formula is C8H11NOS2. The fourth-order valence-electron chi connectivity index (χ4n) is 0.800. The third-order valence-electron chi connectivity index (χ3n) is 1.32.